The molecule has 186 valence electrons. The molecule has 34 heavy (non-hydrogen) atoms. The number of rotatable bonds is 11. The van der Waals surface area contributed by atoms with Gasteiger partial charge >= 0.3 is 0 Å². The van der Waals surface area contributed by atoms with Crippen LogP contribution in [0.5, 0.6) is 11.5 Å². The Labute approximate surface area is 201 Å². The van der Waals surface area contributed by atoms with Crippen molar-refractivity contribution in [1.82, 2.24) is 9.80 Å². The molecule has 0 spiro atoms. The van der Waals surface area contributed by atoms with Gasteiger partial charge in [-0.15, -0.1) is 0 Å². The Balaban J connectivity index is 1.58. The lowest BCUT2D eigenvalue weighted by Crippen LogP contribution is -2.40. The molecule has 1 aromatic heterocycles. The summed E-state index contributed by atoms with van der Waals surface area (Å²) in [6, 6.07) is 7.52. The quantitative estimate of drug-likeness (QED) is 0.497. The first kappa shape index (κ1) is 25.6. The summed E-state index contributed by atoms with van der Waals surface area (Å²) in [7, 11) is 5.00. The highest BCUT2D eigenvalue weighted by atomic mass is 16.5. The van der Waals surface area contributed by atoms with E-state index in [0.717, 1.165) is 18.4 Å². The van der Waals surface area contributed by atoms with Crippen LogP contribution in [-0.4, -0.2) is 75.2 Å². The highest BCUT2D eigenvalue weighted by Crippen LogP contribution is 2.27. The van der Waals surface area contributed by atoms with Gasteiger partial charge in [-0.1, -0.05) is 6.07 Å². The molecule has 0 saturated carbocycles. The number of benzene rings is 1. The predicted molar refractivity (Wildman–Crippen MR) is 129 cm³/mol. The van der Waals surface area contributed by atoms with E-state index >= 15 is 0 Å². The number of methoxy groups -OCH3 is 2. The molecule has 1 unspecified atom stereocenters. The van der Waals surface area contributed by atoms with Crippen LogP contribution in [0.3, 0.4) is 0 Å². The second-order valence-electron chi connectivity index (χ2n) is 8.72. The zero-order valence-electron chi connectivity index (χ0n) is 20.9. The number of hydrogen-bond donors (Lipinski definition) is 0. The van der Waals surface area contributed by atoms with Gasteiger partial charge in [0.2, 0.25) is 5.91 Å². The first-order valence-electron chi connectivity index (χ1n) is 11.7. The molecule has 1 fully saturated rings. The van der Waals surface area contributed by atoms with E-state index in [2.05, 4.69) is 0 Å². The van der Waals surface area contributed by atoms with Gasteiger partial charge in [0.1, 0.15) is 11.5 Å². The van der Waals surface area contributed by atoms with Crippen molar-refractivity contribution in [2.75, 3.05) is 47.5 Å². The van der Waals surface area contributed by atoms with E-state index in [1.807, 2.05) is 25.1 Å². The van der Waals surface area contributed by atoms with Gasteiger partial charge in [-0.3, -0.25) is 9.59 Å². The minimum Gasteiger partial charge on any atom is -0.493 e. The fourth-order valence-electron chi connectivity index (χ4n) is 4.20. The monoisotopic (exact) mass is 472 g/mol. The average Bonchev–Trinajstić information content (AvgIpc) is 3.47. The van der Waals surface area contributed by atoms with E-state index in [-0.39, 0.29) is 24.3 Å². The summed E-state index contributed by atoms with van der Waals surface area (Å²) in [6.07, 6.45) is 2.86. The summed E-state index contributed by atoms with van der Waals surface area (Å²) in [5.41, 5.74) is 1.60. The number of nitrogens with zero attached hydrogens (tertiary/aromatic N) is 2. The molecule has 2 aromatic rings. The third-order valence-electron chi connectivity index (χ3n) is 6.21. The van der Waals surface area contributed by atoms with Crippen molar-refractivity contribution in [2.24, 2.45) is 0 Å². The number of carbonyl (C=O) groups is 2. The number of furan rings is 1. The molecule has 3 rings (SSSR count). The molecule has 0 aliphatic carbocycles. The molecule has 0 N–H and O–H groups in total. The first-order valence-corrected chi connectivity index (χ1v) is 11.7. The Morgan fingerprint density at radius 2 is 1.85 bits per heavy atom. The Kier molecular flexibility index (Phi) is 8.98. The molecule has 2 heterocycles. The normalized spacial score (nSPS) is 15.3. The zero-order valence-corrected chi connectivity index (χ0v) is 20.9. The maximum atomic E-state index is 13.2. The standard InChI is InChI=1S/C26H36N2O6/c1-18-15-22(19(2)34-18)26(30)28(17-21-7-6-14-33-21)13-11-25(29)27(3)12-10-20-8-9-23(31-4)24(16-20)32-5/h8-9,15-16,21H,6-7,10-14,17H2,1-5H3. The smallest absolute Gasteiger partial charge is 0.257 e. The SMILES string of the molecule is COc1ccc(CCN(C)C(=O)CCN(CC2CCCO2)C(=O)c2cc(C)oc2C)cc1OC. The molecule has 1 aliphatic heterocycles. The van der Waals surface area contributed by atoms with Gasteiger partial charge < -0.3 is 28.4 Å². The molecule has 8 heteroatoms. The van der Waals surface area contributed by atoms with Crippen LogP contribution in [0.1, 0.15) is 46.7 Å². The van der Waals surface area contributed by atoms with Crippen molar-refractivity contribution in [3.05, 3.63) is 46.9 Å². The third-order valence-corrected chi connectivity index (χ3v) is 6.21. The van der Waals surface area contributed by atoms with E-state index in [9.17, 15) is 9.59 Å². The Morgan fingerprint density at radius 1 is 1.09 bits per heavy atom. The summed E-state index contributed by atoms with van der Waals surface area (Å²) in [4.78, 5) is 29.5. The van der Waals surface area contributed by atoms with E-state index in [1.165, 1.54) is 0 Å². The van der Waals surface area contributed by atoms with Crippen LogP contribution in [0.4, 0.5) is 0 Å². The number of amides is 2. The summed E-state index contributed by atoms with van der Waals surface area (Å²) >= 11 is 0. The molecular weight excluding hydrogens is 436 g/mol. The number of aryl methyl sites for hydroxylation is 2. The maximum absolute atomic E-state index is 13.2. The second-order valence-corrected chi connectivity index (χ2v) is 8.72. The van der Waals surface area contributed by atoms with Crippen LogP contribution in [0.25, 0.3) is 0 Å². The molecule has 1 aliphatic rings. The van der Waals surface area contributed by atoms with Gasteiger partial charge in [0.25, 0.3) is 5.91 Å². The summed E-state index contributed by atoms with van der Waals surface area (Å²) in [5, 5.41) is 0. The van der Waals surface area contributed by atoms with Crippen LogP contribution >= 0.6 is 0 Å². The predicted octanol–water partition coefficient (Wildman–Crippen LogP) is 3.63. The Morgan fingerprint density at radius 3 is 2.47 bits per heavy atom. The van der Waals surface area contributed by atoms with Crippen LogP contribution in [0.15, 0.2) is 28.7 Å². The molecule has 8 nitrogen and oxygen atoms in total. The Hall–Kier alpha value is -3.00. The van der Waals surface area contributed by atoms with Gasteiger partial charge in [-0.2, -0.15) is 0 Å². The van der Waals surface area contributed by atoms with E-state index in [4.69, 9.17) is 18.6 Å². The van der Waals surface area contributed by atoms with Crippen molar-refractivity contribution in [2.45, 2.75) is 45.6 Å². The average molecular weight is 473 g/mol. The van der Waals surface area contributed by atoms with E-state index in [0.29, 0.717) is 61.2 Å². The van der Waals surface area contributed by atoms with E-state index < -0.39 is 0 Å². The van der Waals surface area contributed by atoms with Gasteiger partial charge in [0.05, 0.1) is 25.9 Å². The summed E-state index contributed by atoms with van der Waals surface area (Å²) < 4.78 is 21.9. The minimum atomic E-state index is -0.120. The molecule has 1 atom stereocenters. The number of carbonyl (C=O) groups excluding carboxylic acids is 2. The van der Waals surface area contributed by atoms with Gasteiger partial charge in [-0.05, 0) is 56.9 Å². The van der Waals surface area contributed by atoms with Crippen molar-refractivity contribution >= 4 is 11.8 Å². The van der Waals surface area contributed by atoms with E-state index in [1.54, 1.807) is 44.1 Å². The highest BCUT2D eigenvalue weighted by Gasteiger charge is 2.26. The number of hydrogen-bond acceptors (Lipinski definition) is 6. The maximum Gasteiger partial charge on any atom is 0.257 e. The first-order chi connectivity index (χ1) is 16.3. The summed E-state index contributed by atoms with van der Waals surface area (Å²) in [5.74, 6) is 2.51. The van der Waals surface area contributed by atoms with Crippen molar-refractivity contribution < 1.29 is 28.2 Å². The molecule has 1 saturated heterocycles. The number of ether oxygens (including phenoxy) is 3. The van der Waals surface area contributed by atoms with Crippen LogP contribution < -0.4 is 9.47 Å². The topological polar surface area (TPSA) is 81.5 Å². The lowest BCUT2D eigenvalue weighted by molar-refractivity contribution is -0.130. The van der Waals surface area contributed by atoms with Gasteiger partial charge in [0, 0.05) is 39.7 Å². The lowest BCUT2D eigenvalue weighted by Gasteiger charge is -2.26. The largest absolute Gasteiger partial charge is 0.493 e. The van der Waals surface area contributed by atoms with Gasteiger partial charge in [0.15, 0.2) is 11.5 Å². The van der Waals surface area contributed by atoms with Crippen molar-refractivity contribution in [3.63, 3.8) is 0 Å². The Bertz CT molecular complexity index is 980. The summed E-state index contributed by atoms with van der Waals surface area (Å²) in [6.45, 7) is 5.71. The van der Waals surface area contributed by atoms with Crippen molar-refractivity contribution in [1.29, 1.82) is 0 Å². The van der Waals surface area contributed by atoms with Crippen LogP contribution in [0, 0.1) is 13.8 Å². The highest BCUT2D eigenvalue weighted by molar-refractivity contribution is 5.95. The van der Waals surface area contributed by atoms with Crippen LogP contribution in [-0.2, 0) is 16.0 Å². The second kappa shape index (κ2) is 11.9. The molecule has 1 aromatic carbocycles. The minimum absolute atomic E-state index is 0.00860. The number of likely N-dealkylation sites (N-methyl/N-ethyl adjacent to an activating group) is 1. The molecule has 0 radical (unpaired) electrons. The fourth-order valence-corrected chi connectivity index (χ4v) is 4.20. The molecular formula is C26H36N2O6. The lowest BCUT2D eigenvalue weighted by atomic mass is 10.1. The fraction of sp³-hybridized carbons (Fsp3) is 0.538. The van der Waals surface area contributed by atoms with Crippen LogP contribution in [0.2, 0.25) is 0 Å². The third kappa shape index (κ3) is 6.53. The van der Waals surface area contributed by atoms with Gasteiger partial charge in [-0.25, -0.2) is 0 Å². The van der Waals surface area contributed by atoms with Crippen molar-refractivity contribution in [3.8, 4) is 11.5 Å². The zero-order chi connectivity index (χ0) is 24.7. The molecule has 2 amide bonds. The molecule has 0 bridgehead atoms.